The van der Waals surface area contributed by atoms with E-state index < -0.39 is 11.7 Å². The van der Waals surface area contributed by atoms with Gasteiger partial charge in [0, 0.05) is 5.70 Å². The van der Waals surface area contributed by atoms with E-state index in [-0.39, 0.29) is 0 Å². The number of hydrogen-bond acceptors (Lipinski definition) is 2. The zero-order chi connectivity index (χ0) is 15.9. The van der Waals surface area contributed by atoms with Crippen molar-refractivity contribution in [1.29, 1.82) is 0 Å². The fourth-order valence-electron chi connectivity index (χ4n) is 1.76. The molecule has 21 heavy (non-hydrogen) atoms. The number of nitrogens with one attached hydrogen (secondary N) is 1. The Bertz CT molecular complexity index is 472. The quantitative estimate of drug-likeness (QED) is 0.829. The highest BCUT2D eigenvalue weighted by Gasteiger charge is 2.17. The minimum atomic E-state index is -0.497. The Kier molecular flexibility index (Phi) is 6.47. The van der Waals surface area contributed by atoms with E-state index >= 15 is 0 Å². The van der Waals surface area contributed by atoms with Crippen LogP contribution in [0.5, 0.6) is 0 Å². The van der Waals surface area contributed by atoms with Crippen LogP contribution in [-0.2, 0) is 4.74 Å². The average molecular weight is 289 g/mol. The summed E-state index contributed by atoms with van der Waals surface area (Å²) in [7, 11) is 0. The third kappa shape index (κ3) is 6.98. The van der Waals surface area contributed by atoms with Gasteiger partial charge in [-0.15, -0.1) is 0 Å². The topological polar surface area (TPSA) is 38.3 Å². The van der Waals surface area contributed by atoms with E-state index in [0.29, 0.717) is 5.92 Å². The van der Waals surface area contributed by atoms with Crippen LogP contribution >= 0.6 is 0 Å². The summed E-state index contributed by atoms with van der Waals surface area (Å²) in [5, 5.41) is 2.87. The largest absolute Gasteiger partial charge is 0.444 e. The molecule has 0 radical (unpaired) electrons. The molecule has 1 atom stereocenters. The van der Waals surface area contributed by atoms with Crippen LogP contribution in [0, 0.1) is 5.92 Å². The second-order valence-corrected chi connectivity index (χ2v) is 6.36. The Morgan fingerprint density at radius 1 is 1.29 bits per heavy atom. The number of ether oxygens (including phenoxy) is 1. The standard InChI is InChI=1S/C18H27NO2/c1-6-14(2)12-13-16(15-10-8-7-9-11-15)19-17(20)21-18(3,4)5/h7-11,13-14H,6,12H2,1-5H3,(H,19,20)/t14-/m0/s1. The van der Waals surface area contributed by atoms with Crippen LogP contribution in [-0.4, -0.2) is 11.7 Å². The molecule has 116 valence electrons. The molecule has 0 saturated carbocycles. The molecule has 0 heterocycles. The van der Waals surface area contributed by atoms with Crippen LogP contribution in [0.15, 0.2) is 36.4 Å². The van der Waals surface area contributed by atoms with Gasteiger partial charge in [-0.25, -0.2) is 4.79 Å². The van der Waals surface area contributed by atoms with Gasteiger partial charge >= 0.3 is 6.09 Å². The number of allylic oxidation sites excluding steroid dienone is 1. The third-order valence-corrected chi connectivity index (χ3v) is 3.14. The molecule has 3 heteroatoms. The van der Waals surface area contributed by atoms with Crippen LogP contribution in [0.4, 0.5) is 4.79 Å². The lowest BCUT2D eigenvalue weighted by molar-refractivity contribution is 0.0558. The molecule has 0 unspecified atom stereocenters. The van der Waals surface area contributed by atoms with E-state index in [2.05, 4.69) is 25.2 Å². The first kappa shape index (κ1) is 17.3. The monoisotopic (exact) mass is 289 g/mol. The van der Waals surface area contributed by atoms with Crippen molar-refractivity contribution >= 4 is 11.8 Å². The Hall–Kier alpha value is -1.77. The summed E-state index contributed by atoms with van der Waals surface area (Å²) < 4.78 is 5.33. The Morgan fingerprint density at radius 2 is 1.90 bits per heavy atom. The molecule has 1 aromatic rings. The predicted octanol–water partition coefficient (Wildman–Crippen LogP) is 4.99. The Balaban J connectivity index is 2.85. The van der Waals surface area contributed by atoms with Gasteiger partial charge < -0.3 is 4.74 Å². The van der Waals surface area contributed by atoms with E-state index in [1.54, 1.807) is 0 Å². The summed E-state index contributed by atoms with van der Waals surface area (Å²) >= 11 is 0. The van der Waals surface area contributed by atoms with Gasteiger partial charge in [-0.05, 0) is 38.7 Å². The summed E-state index contributed by atoms with van der Waals surface area (Å²) in [5.74, 6) is 0.587. The van der Waals surface area contributed by atoms with Gasteiger partial charge in [-0.2, -0.15) is 0 Å². The average Bonchev–Trinajstić information content (AvgIpc) is 2.42. The minimum Gasteiger partial charge on any atom is -0.444 e. The highest BCUT2D eigenvalue weighted by Crippen LogP contribution is 2.17. The van der Waals surface area contributed by atoms with Crippen LogP contribution in [0.3, 0.4) is 0 Å². The maximum absolute atomic E-state index is 12.0. The van der Waals surface area contributed by atoms with Gasteiger partial charge in [0.05, 0.1) is 0 Å². The van der Waals surface area contributed by atoms with Crippen molar-refractivity contribution in [2.75, 3.05) is 0 Å². The number of hydrogen-bond donors (Lipinski definition) is 1. The van der Waals surface area contributed by atoms with Gasteiger partial charge in [0.15, 0.2) is 0 Å². The molecule has 1 N–H and O–H groups in total. The van der Waals surface area contributed by atoms with Crippen molar-refractivity contribution in [1.82, 2.24) is 5.32 Å². The van der Waals surface area contributed by atoms with E-state index in [1.807, 2.05) is 51.1 Å². The third-order valence-electron chi connectivity index (χ3n) is 3.14. The molecule has 0 saturated heterocycles. The van der Waals surface area contributed by atoms with E-state index in [4.69, 9.17) is 4.74 Å². The van der Waals surface area contributed by atoms with Crippen LogP contribution in [0.25, 0.3) is 5.70 Å². The number of benzene rings is 1. The lowest BCUT2D eigenvalue weighted by Crippen LogP contribution is -2.31. The highest BCUT2D eigenvalue weighted by molar-refractivity contribution is 5.82. The summed E-state index contributed by atoms with van der Waals surface area (Å²) in [6, 6.07) is 9.86. The van der Waals surface area contributed by atoms with Crippen LogP contribution in [0.1, 0.15) is 53.0 Å². The molecule has 0 fully saturated rings. The van der Waals surface area contributed by atoms with Crippen molar-refractivity contribution in [3.63, 3.8) is 0 Å². The number of alkyl carbamates (subject to hydrolysis) is 1. The molecule has 1 aromatic carbocycles. The van der Waals surface area contributed by atoms with Crippen LogP contribution < -0.4 is 5.32 Å². The maximum atomic E-state index is 12.0. The summed E-state index contributed by atoms with van der Waals surface area (Å²) in [4.78, 5) is 12.0. The van der Waals surface area contributed by atoms with Crippen molar-refractivity contribution in [2.45, 2.75) is 53.1 Å². The predicted molar refractivity (Wildman–Crippen MR) is 87.9 cm³/mol. The van der Waals surface area contributed by atoms with Gasteiger partial charge in [-0.3, -0.25) is 5.32 Å². The first-order valence-electron chi connectivity index (χ1n) is 7.57. The second kappa shape index (κ2) is 7.87. The normalized spacial score (nSPS) is 13.7. The molecule has 1 rings (SSSR count). The summed E-state index contributed by atoms with van der Waals surface area (Å²) in [5.41, 5.74) is 1.31. The highest BCUT2D eigenvalue weighted by atomic mass is 16.6. The number of rotatable bonds is 5. The van der Waals surface area contributed by atoms with Crippen molar-refractivity contribution in [3.8, 4) is 0 Å². The SMILES string of the molecule is CC[C@H](C)CC=C(NC(=O)OC(C)(C)C)c1ccccc1. The maximum Gasteiger partial charge on any atom is 0.412 e. The smallest absolute Gasteiger partial charge is 0.412 e. The van der Waals surface area contributed by atoms with E-state index in [9.17, 15) is 4.79 Å². The van der Waals surface area contributed by atoms with E-state index in [1.165, 1.54) is 0 Å². The van der Waals surface area contributed by atoms with Crippen molar-refractivity contribution in [3.05, 3.63) is 42.0 Å². The van der Waals surface area contributed by atoms with Crippen molar-refractivity contribution < 1.29 is 9.53 Å². The van der Waals surface area contributed by atoms with Gasteiger partial charge in [0.25, 0.3) is 0 Å². The summed E-state index contributed by atoms with van der Waals surface area (Å²) in [6.07, 6.45) is 3.70. The first-order valence-corrected chi connectivity index (χ1v) is 7.57. The van der Waals surface area contributed by atoms with Gasteiger partial charge in [-0.1, -0.05) is 56.7 Å². The molecule has 1 amide bonds. The van der Waals surface area contributed by atoms with Crippen molar-refractivity contribution in [2.24, 2.45) is 5.92 Å². The summed E-state index contributed by atoms with van der Waals surface area (Å²) in [6.45, 7) is 9.95. The molecule has 0 aromatic heterocycles. The fourth-order valence-corrected chi connectivity index (χ4v) is 1.76. The lowest BCUT2D eigenvalue weighted by Gasteiger charge is -2.21. The number of carbonyl (C=O) groups excluding carboxylic acids is 1. The minimum absolute atomic E-state index is 0.415. The van der Waals surface area contributed by atoms with Gasteiger partial charge in [0.2, 0.25) is 0 Å². The lowest BCUT2D eigenvalue weighted by atomic mass is 10.0. The molecule has 3 nitrogen and oxygen atoms in total. The van der Waals surface area contributed by atoms with E-state index in [0.717, 1.165) is 24.1 Å². The molecule has 0 aliphatic heterocycles. The van der Waals surface area contributed by atoms with Crippen LogP contribution in [0.2, 0.25) is 0 Å². The Morgan fingerprint density at radius 3 is 2.43 bits per heavy atom. The molecular formula is C18H27NO2. The molecule has 0 spiro atoms. The molecule has 0 aliphatic rings. The molecular weight excluding hydrogens is 262 g/mol. The fraction of sp³-hybridized carbons (Fsp3) is 0.500. The Labute approximate surface area is 128 Å². The zero-order valence-corrected chi connectivity index (χ0v) is 13.8. The second-order valence-electron chi connectivity index (χ2n) is 6.36. The van der Waals surface area contributed by atoms with Gasteiger partial charge in [0.1, 0.15) is 5.60 Å². The first-order chi connectivity index (χ1) is 9.81. The molecule has 0 bridgehead atoms. The molecule has 0 aliphatic carbocycles. The number of carbonyl (C=O) groups is 1. The zero-order valence-electron chi connectivity index (χ0n) is 13.8. The number of amides is 1.